The van der Waals surface area contributed by atoms with Crippen molar-refractivity contribution in [3.05, 3.63) is 69.7 Å². The normalized spacial score (nSPS) is 17.6. The van der Waals surface area contributed by atoms with Crippen molar-refractivity contribution in [1.29, 1.82) is 0 Å². The van der Waals surface area contributed by atoms with Gasteiger partial charge in [0, 0.05) is 21.0 Å². The molecule has 2 aliphatic rings. The van der Waals surface area contributed by atoms with Gasteiger partial charge in [0.2, 0.25) is 10.0 Å². The highest BCUT2D eigenvalue weighted by Crippen LogP contribution is 2.58. The van der Waals surface area contributed by atoms with Gasteiger partial charge in [-0.25, -0.2) is 8.42 Å². The molecule has 5 nitrogen and oxygen atoms in total. The maximum absolute atomic E-state index is 13.0. The van der Waals surface area contributed by atoms with E-state index in [1.54, 1.807) is 6.92 Å². The third-order valence-corrected chi connectivity index (χ3v) is 8.10. The van der Waals surface area contributed by atoms with Gasteiger partial charge in [-0.1, -0.05) is 57.5 Å². The molecule has 0 radical (unpaired) electrons. The van der Waals surface area contributed by atoms with E-state index in [4.69, 9.17) is 4.52 Å². The molecule has 0 aliphatic heterocycles. The molecular formula is C21H19BrN2O3S. The summed E-state index contributed by atoms with van der Waals surface area (Å²) < 4.78 is 35.2. The highest BCUT2D eigenvalue weighted by atomic mass is 79.9. The van der Waals surface area contributed by atoms with E-state index >= 15 is 0 Å². The molecule has 1 atom stereocenters. The molecule has 1 saturated carbocycles. The summed E-state index contributed by atoms with van der Waals surface area (Å²) in [5.74, 6) is 0.980. The zero-order chi connectivity index (χ0) is 19.5. The number of hydrogen-bond acceptors (Lipinski definition) is 4. The summed E-state index contributed by atoms with van der Waals surface area (Å²) in [6, 6.07) is 15.4. The molecule has 7 heteroatoms. The fourth-order valence-electron chi connectivity index (χ4n) is 4.09. The summed E-state index contributed by atoms with van der Waals surface area (Å²) in [4.78, 5) is 0. The van der Waals surface area contributed by atoms with Gasteiger partial charge in [0.15, 0.2) is 11.6 Å². The van der Waals surface area contributed by atoms with E-state index in [2.05, 4.69) is 31.9 Å². The van der Waals surface area contributed by atoms with Crippen molar-refractivity contribution in [3.63, 3.8) is 0 Å². The van der Waals surface area contributed by atoms with Crippen LogP contribution in [0.2, 0.25) is 0 Å². The third kappa shape index (κ3) is 2.79. The van der Waals surface area contributed by atoms with Crippen LogP contribution in [0.15, 0.2) is 57.5 Å². The molecule has 0 saturated heterocycles. The largest absolute Gasteiger partial charge is 0.354 e. The maximum Gasteiger partial charge on any atom is 0.240 e. The van der Waals surface area contributed by atoms with Gasteiger partial charge >= 0.3 is 0 Å². The van der Waals surface area contributed by atoms with Crippen LogP contribution in [0.4, 0.5) is 5.82 Å². The van der Waals surface area contributed by atoms with Crippen LogP contribution in [-0.2, 0) is 21.9 Å². The minimum absolute atomic E-state index is 0.0832. The highest BCUT2D eigenvalue weighted by molar-refractivity contribution is 9.10. The number of hydrogen-bond donors (Lipinski definition) is 1. The fraction of sp³-hybridized carbons (Fsp3) is 0.286. The standard InChI is InChI=1S/C21H19BrN2O3S/c1-13(14-5-3-2-4-6-14)28(25,26)24-20-17-12-21(9-10-21)18-8-7-15(22)11-16(18)19(17)27-23-20/h2-8,11,13H,9-10,12H2,1H3,(H,23,24)/t13-/m1/s1. The lowest BCUT2D eigenvalue weighted by Crippen LogP contribution is -2.22. The molecule has 1 fully saturated rings. The van der Waals surface area contributed by atoms with Crippen molar-refractivity contribution in [2.75, 3.05) is 4.72 Å². The second kappa shape index (κ2) is 6.19. The van der Waals surface area contributed by atoms with Crippen LogP contribution in [0.25, 0.3) is 11.3 Å². The van der Waals surface area contributed by atoms with Gasteiger partial charge < -0.3 is 4.52 Å². The van der Waals surface area contributed by atoms with Crippen LogP contribution in [0.5, 0.6) is 0 Å². The molecule has 0 amide bonds. The lowest BCUT2D eigenvalue weighted by Gasteiger charge is -2.24. The van der Waals surface area contributed by atoms with Crippen molar-refractivity contribution < 1.29 is 12.9 Å². The van der Waals surface area contributed by atoms with E-state index in [0.29, 0.717) is 11.6 Å². The first-order valence-electron chi connectivity index (χ1n) is 9.25. The molecule has 1 spiro atoms. The Morgan fingerprint density at radius 3 is 2.64 bits per heavy atom. The quantitative estimate of drug-likeness (QED) is 0.583. The monoisotopic (exact) mass is 458 g/mol. The number of halogens is 1. The summed E-state index contributed by atoms with van der Waals surface area (Å²) in [5.41, 5.74) is 3.95. The van der Waals surface area contributed by atoms with Gasteiger partial charge in [0.1, 0.15) is 5.25 Å². The Labute approximate surface area is 172 Å². The number of nitrogens with zero attached hydrogens (tertiary/aromatic N) is 1. The maximum atomic E-state index is 13.0. The molecule has 3 aromatic rings. The molecular weight excluding hydrogens is 440 g/mol. The zero-order valence-corrected chi connectivity index (χ0v) is 17.7. The van der Waals surface area contributed by atoms with Gasteiger partial charge in [-0.2, -0.15) is 0 Å². The Bertz CT molecular complexity index is 1170. The molecule has 5 rings (SSSR count). The van der Waals surface area contributed by atoms with E-state index in [9.17, 15) is 8.42 Å². The average Bonchev–Trinajstić information content (AvgIpc) is 3.35. The van der Waals surface area contributed by atoms with Gasteiger partial charge in [-0.15, -0.1) is 0 Å². The number of benzene rings is 2. The number of aromatic nitrogens is 1. The lowest BCUT2D eigenvalue weighted by atomic mass is 9.79. The Kier molecular flexibility index (Phi) is 3.97. The molecule has 144 valence electrons. The van der Waals surface area contributed by atoms with Crippen LogP contribution in [0.3, 0.4) is 0 Å². The van der Waals surface area contributed by atoms with E-state index in [0.717, 1.165) is 40.4 Å². The van der Waals surface area contributed by atoms with Crippen molar-refractivity contribution >= 4 is 31.8 Å². The van der Waals surface area contributed by atoms with Crippen molar-refractivity contribution in [3.8, 4) is 11.3 Å². The summed E-state index contributed by atoms with van der Waals surface area (Å²) in [7, 11) is -3.65. The van der Waals surface area contributed by atoms with Gasteiger partial charge in [0.05, 0.1) is 0 Å². The smallest absolute Gasteiger partial charge is 0.240 e. The van der Waals surface area contributed by atoms with Gasteiger partial charge in [-0.3, -0.25) is 4.72 Å². The second-order valence-electron chi connectivity index (χ2n) is 7.69. The first-order valence-corrected chi connectivity index (χ1v) is 11.6. The van der Waals surface area contributed by atoms with Crippen LogP contribution in [0.1, 0.15) is 41.7 Å². The number of rotatable bonds is 4. The van der Waals surface area contributed by atoms with E-state index < -0.39 is 15.3 Å². The molecule has 0 bridgehead atoms. The molecule has 1 N–H and O–H groups in total. The predicted molar refractivity (Wildman–Crippen MR) is 112 cm³/mol. The SMILES string of the molecule is C[C@H](c1ccccc1)S(=O)(=O)Nc1noc2c1CC1(CC1)c1ccc(Br)cc1-2. The van der Waals surface area contributed by atoms with Crippen LogP contribution >= 0.6 is 15.9 Å². The lowest BCUT2D eigenvalue weighted by molar-refractivity contribution is 0.431. The van der Waals surface area contributed by atoms with E-state index in [-0.39, 0.29) is 5.41 Å². The van der Waals surface area contributed by atoms with E-state index in [1.807, 2.05) is 42.5 Å². The summed E-state index contributed by atoms with van der Waals surface area (Å²) in [5, 5.41) is 3.41. The van der Waals surface area contributed by atoms with Crippen molar-refractivity contribution in [2.24, 2.45) is 0 Å². The Balaban J connectivity index is 1.53. The number of fused-ring (bicyclic) bond motifs is 4. The van der Waals surface area contributed by atoms with Gasteiger partial charge in [-0.05, 0) is 49.4 Å². The van der Waals surface area contributed by atoms with Crippen LogP contribution in [0, 0.1) is 0 Å². The number of sulfonamides is 1. The molecule has 2 aliphatic carbocycles. The number of anilines is 1. The predicted octanol–water partition coefficient (Wildman–Crippen LogP) is 5.19. The number of nitrogens with one attached hydrogen (secondary N) is 1. The molecule has 0 unspecified atom stereocenters. The molecule has 1 heterocycles. The minimum Gasteiger partial charge on any atom is -0.354 e. The average molecular weight is 459 g/mol. The first kappa shape index (κ1) is 17.9. The fourth-order valence-corrected chi connectivity index (χ4v) is 5.57. The second-order valence-corrected chi connectivity index (χ2v) is 10.6. The van der Waals surface area contributed by atoms with Crippen molar-refractivity contribution in [2.45, 2.75) is 36.9 Å². The van der Waals surface area contributed by atoms with Crippen molar-refractivity contribution in [1.82, 2.24) is 5.16 Å². The summed E-state index contributed by atoms with van der Waals surface area (Å²) >= 11 is 3.53. The third-order valence-electron chi connectivity index (χ3n) is 5.93. The Hall–Kier alpha value is -2.12. The molecule has 1 aromatic heterocycles. The Morgan fingerprint density at radius 2 is 1.93 bits per heavy atom. The highest BCUT2D eigenvalue weighted by Gasteiger charge is 2.50. The van der Waals surface area contributed by atoms with Gasteiger partial charge in [0.25, 0.3) is 0 Å². The molecule has 28 heavy (non-hydrogen) atoms. The first-order chi connectivity index (χ1) is 13.4. The molecule has 2 aromatic carbocycles. The summed E-state index contributed by atoms with van der Waals surface area (Å²) in [6.45, 7) is 1.68. The summed E-state index contributed by atoms with van der Waals surface area (Å²) in [6.07, 6.45) is 2.94. The topological polar surface area (TPSA) is 72.2 Å². The van der Waals surface area contributed by atoms with Crippen LogP contribution in [-0.4, -0.2) is 13.6 Å². The van der Waals surface area contributed by atoms with E-state index in [1.165, 1.54) is 5.56 Å². The minimum atomic E-state index is -3.65. The Morgan fingerprint density at radius 1 is 1.18 bits per heavy atom. The zero-order valence-electron chi connectivity index (χ0n) is 15.3. The van der Waals surface area contributed by atoms with Crippen LogP contribution < -0.4 is 4.72 Å².